The quantitative estimate of drug-likeness (QED) is 0.00831. The number of benzene rings is 3. The highest BCUT2D eigenvalue weighted by atomic mass is 32.2. The average molecular weight is 1850 g/mol. The van der Waals surface area contributed by atoms with E-state index in [1.54, 1.807) is 54.9 Å². The number of aromatic nitrogens is 1. The van der Waals surface area contributed by atoms with E-state index in [2.05, 4.69) is 68.8 Å². The molecule has 3 aromatic carbocycles. The third kappa shape index (κ3) is 29.0. The second-order valence-electron chi connectivity index (χ2n) is 32.3. The number of para-hydroxylation sites is 1. The Labute approximate surface area is 761 Å². The minimum atomic E-state index is -1.43. The van der Waals surface area contributed by atoms with Crippen molar-refractivity contribution >= 4 is 135 Å². The fourth-order valence-corrected chi connectivity index (χ4v) is 17.9. The van der Waals surface area contributed by atoms with Gasteiger partial charge >= 0.3 is 5.97 Å². The number of thioether (sulfide) groups is 2. The van der Waals surface area contributed by atoms with Crippen molar-refractivity contribution in [3.8, 4) is 17.2 Å². The number of primary amides is 1. The Balaban J connectivity index is 0.783. The second-order valence-corrected chi connectivity index (χ2v) is 34.6. The molecule has 3 fully saturated rings. The number of rotatable bonds is 55. The number of nitrogens with zero attached hydrogens (tertiary/aromatic N) is 1. The molecule has 3 unspecified atom stereocenters. The summed E-state index contributed by atoms with van der Waals surface area (Å²) in [5, 5.41) is 59.8. The minimum Gasteiger partial charge on any atom is -0.504 e. The van der Waals surface area contributed by atoms with Crippen LogP contribution < -0.4 is 113 Å². The molecule has 9 rings (SSSR count). The zero-order valence-electron chi connectivity index (χ0n) is 73.3. The summed E-state index contributed by atoms with van der Waals surface area (Å²) in [4.78, 5) is 186. The molecule has 42 nitrogen and oxygen atoms in total. The predicted octanol–water partition coefficient (Wildman–Crippen LogP) is -0.974. The Hall–Kier alpha value is -12.0. The number of allylic oxidation sites excluding steroid dienone is 2. The van der Waals surface area contributed by atoms with Crippen LogP contribution in [0.15, 0.2) is 89.8 Å². The van der Waals surface area contributed by atoms with Crippen molar-refractivity contribution in [1.82, 2.24) is 63.1 Å². The number of unbranched alkanes of at least 4 members (excludes halogenated alkanes) is 3. The number of cyclic esters (lactones) is 1. The number of hydrogen-bond donors (Lipinski definition) is 23. The Kier molecular flexibility index (Phi) is 39.8. The number of carbonyl (C=O) groups excluding carboxylic acids is 13. The number of esters is 1. The van der Waals surface area contributed by atoms with Gasteiger partial charge in [0, 0.05) is 104 Å². The van der Waals surface area contributed by atoms with Crippen LogP contribution in [0.2, 0.25) is 0 Å². The van der Waals surface area contributed by atoms with E-state index in [1.165, 1.54) is 26.0 Å². The zero-order valence-corrected chi connectivity index (χ0v) is 75.0. The molecular weight excluding hydrogens is 1720 g/mol. The number of imide groups is 1. The standard InChI is InChI=1S/C86H125N23O19S2/c1-124-66-38-46(37-63(110)74(66)125-2)71-51-39-64-65(128-45-127-64)40-52(51)73(53-43-126-84(123)72(53)71)101-49-23-21-48(22-24-49)100-69(112)26-34-109-70(113)41-67(83(109)122)130-44-54(90)76(115)96-33-25-68(111)102-57(19-12-31-97-85(92)93)77(116)105-60(20-13-32-98-86(94)95)79(118)107-61(27-35-129-3)81(120)104-59(18-8-11-30-89)80(119)108-62(36-47-42-99-55-15-5-4-14-50(47)55)82(121)106-58(17-7-10-29-88)78(117)103-56(75(91)114)16-6-9-28-87/h4-5,14-15,21-24,37-39,42,53-54,56-62,65,67,71-73,99,101,110H,6-13,16-20,25-36,40-41,43-45,87-90H2,1-3H3,(H2,91,114)(H,96,115)(H,100,112)(H,102,111)(H,103,117)(H,104,120)(H,105,116)(H,106,121)(H,107,118)(H,108,119)(H4,92,93,97)(H4,94,95,98)/t53-,54-,56-,57-,58-,59-,60-,61-,62-,65?,67?,71+,72?,73+/m0/s1. The number of amides is 12. The summed E-state index contributed by atoms with van der Waals surface area (Å²) >= 11 is 2.32. The van der Waals surface area contributed by atoms with E-state index in [9.17, 15) is 67.4 Å². The van der Waals surface area contributed by atoms with Crippen LogP contribution in [0.3, 0.4) is 0 Å². The maximum Gasteiger partial charge on any atom is 0.310 e. The van der Waals surface area contributed by atoms with Gasteiger partial charge in [0.25, 0.3) is 0 Å². The Morgan fingerprint density at radius 3 is 1.75 bits per heavy atom. The van der Waals surface area contributed by atoms with E-state index >= 15 is 0 Å². The topological polar surface area (TPSA) is 682 Å². The molecule has 1 aromatic heterocycles. The number of aromatic hydroxyl groups is 1. The largest absolute Gasteiger partial charge is 0.504 e. The van der Waals surface area contributed by atoms with Crippen molar-refractivity contribution in [3.63, 3.8) is 0 Å². The molecule has 0 radical (unpaired) electrons. The highest BCUT2D eigenvalue weighted by Crippen LogP contribution is 2.55. The number of guanidine groups is 2. The molecule has 0 saturated carbocycles. The van der Waals surface area contributed by atoms with Crippen LogP contribution in [0.4, 0.5) is 11.4 Å². The van der Waals surface area contributed by atoms with Crippen LogP contribution in [0.1, 0.15) is 133 Å². The number of carbonyl (C=O) groups is 13. The molecule has 5 aliphatic rings. The number of H-pyrrole nitrogens is 1. The Morgan fingerprint density at radius 1 is 0.623 bits per heavy atom. The summed E-state index contributed by atoms with van der Waals surface area (Å²) in [6, 6.07) is 6.65. The fraction of sp³-hybridized carbons (Fsp3) is 0.547. The summed E-state index contributed by atoms with van der Waals surface area (Å²) in [7, 11) is 2.87. The number of anilines is 2. The van der Waals surface area contributed by atoms with E-state index in [-0.39, 0.29) is 170 Å². The summed E-state index contributed by atoms with van der Waals surface area (Å²) in [5.41, 5.74) is 45.4. The van der Waals surface area contributed by atoms with Gasteiger partial charge in [-0.1, -0.05) is 18.2 Å². The lowest BCUT2D eigenvalue weighted by atomic mass is 9.63. The van der Waals surface area contributed by atoms with Crippen LogP contribution in [0.25, 0.3) is 10.9 Å². The van der Waals surface area contributed by atoms with Gasteiger partial charge in [0.2, 0.25) is 76.6 Å². The van der Waals surface area contributed by atoms with Crippen molar-refractivity contribution in [2.24, 2.45) is 52.0 Å². The minimum absolute atomic E-state index is 0.000553. The highest BCUT2D eigenvalue weighted by Gasteiger charge is 2.55. The first-order valence-corrected chi connectivity index (χ1v) is 46.1. The maximum atomic E-state index is 14.9. The van der Waals surface area contributed by atoms with Crippen molar-refractivity contribution in [2.45, 2.75) is 194 Å². The van der Waals surface area contributed by atoms with Gasteiger partial charge in [-0.2, -0.15) is 11.8 Å². The summed E-state index contributed by atoms with van der Waals surface area (Å²) in [6.07, 6.45) is 7.50. The monoisotopic (exact) mass is 1850 g/mol. The lowest BCUT2D eigenvalue weighted by Gasteiger charge is -2.43. The third-order valence-corrected chi connectivity index (χ3v) is 25.1. The first kappa shape index (κ1) is 102. The number of nitrogens with one attached hydrogen (secondary N) is 15. The predicted molar refractivity (Wildman–Crippen MR) is 487 cm³/mol. The number of hydrogen-bond acceptors (Lipinski definition) is 28. The molecule has 14 atom stereocenters. The number of methoxy groups -OCH3 is 2. The van der Waals surface area contributed by atoms with Crippen molar-refractivity contribution in [3.05, 3.63) is 101 Å². The summed E-state index contributed by atoms with van der Waals surface area (Å²) in [5.74, 6) is -10.3. The molecule has 30 N–H and O–H groups in total. The second kappa shape index (κ2) is 50.8. The number of phenols is 1. The lowest BCUT2D eigenvalue weighted by molar-refractivity contribution is -0.142. The van der Waals surface area contributed by atoms with E-state index in [4.69, 9.17) is 74.6 Å². The van der Waals surface area contributed by atoms with Gasteiger partial charge in [0.05, 0.1) is 44.1 Å². The average Bonchev–Trinajstić information content (AvgIpc) is 1.51. The third-order valence-electron chi connectivity index (χ3n) is 23.1. The molecule has 2 aliphatic carbocycles. The van der Waals surface area contributed by atoms with Crippen LogP contribution >= 0.6 is 23.5 Å². The molecule has 130 heavy (non-hydrogen) atoms. The molecular formula is C86H125N23O19S2. The highest BCUT2D eigenvalue weighted by molar-refractivity contribution is 8.00. The normalized spacial score (nSPS) is 19.1. The van der Waals surface area contributed by atoms with Gasteiger partial charge in [-0.3, -0.25) is 78.0 Å². The number of fused-ring (bicyclic) bond motifs is 3. The first-order chi connectivity index (χ1) is 62.5. The van der Waals surface area contributed by atoms with Crippen molar-refractivity contribution in [1.29, 1.82) is 10.8 Å². The number of phenolic OH excluding ortho intramolecular Hbond substituents is 1. The smallest absolute Gasteiger partial charge is 0.310 e. The SMILES string of the molecule is COc1cc([C@@H]2C3=C(CC4OCOC4=C3)[C@@H](Nc3ccc(NC(=O)CCN4C(=O)CC(SC[C@H](N)C(=O)NCCC(=O)N[C@@H](CCCNC(=N)N)C(=O)N[C@@H](CCCNC(=N)N)C(=O)N[C@@H](CCSC)C(=O)N[C@@H](CCCCN)C(=O)N[C@@H](Cc5c[nH]c6ccccc56)C(=O)N[C@@H](CCCCN)C(=O)N[C@@H](CCCCN)C(N)=O)C4=O)cc3)[C@H]3COC(=O)C23)cc(O)c1OC. The molecule has 0 spiro atoms. The maximum absolute atomic E-state index is 14.9. The summed E-state index contributed by atoms with van der Waals surface area (Å²) < 4.78 is 28.6. The van der Waals surface area contributed by atoms with Gasteiger partial charge in [-0.15, -0.1) is 11.8 Å². The molecule has 4 heterocycles. The van der Waals surface area contributed by atoms with Crippen LogP contribution in [0.5, 0.6) is 17.2 Å². The Morgan fingerprint density at radius 2 is 1.18 bits per heavy atom. The van der Waals surface area contributed by atoms with Gasteiger partial charge in [0.15, 0.2) is 30.2 Å². The molecule has 3 saturated heterocycles. The van der Waals surface area contributed by atoms with Crippen molar-refractivity contribution < 1.29 is 91.1 Å². The van der Waals surface area contributed by atoms with Crippen LogP contribution in [-0.2, 0) is 83.0 Å². The van der Waals surface area contributed by atoms with Crippen LogP contribution in [-0.4, -0.2) is 261 Å². The number of aromatic amines is 1. The van der Waals surface area contributed by atoms with E-state index in [0.29, 0.717) is 85.5 Å². The molecule has 3 aliphatic heterocycles. The van der Waals surface area contributed by atoms with E-state index < -0.39 is 155 Å². The fourth-order valence-electron chi connectivity index (χ4n) is 16.3. The molecule has 710 valence electrons. The molecule has 44 heteroatoms. The lowest BCUT2D eigenvalue weighted by Crippen LogP contribution is -2.60. The Bertz CT molecular complexity index is 4730. The molecule has 12 amide bonds. The van der Waals surface area contributed by atoms with Gasteiger partial charge < -0.3 is 138 Å². The zero-order chi connectivity index (χ0) is 94.1. The molecule has 0 bridgehead atoms. The summed E-state index contributed by atoms with van der Waals surface area (Å²) in [6.45, 7) is 0.645. The first-order valence-electron chi connectivity index (χ1n) is 43.6. The number of ether oxygens (including phenoxy) is 5. The van der Waals surface area contributed by atoms with Crippen molar-refractivity contribution in [2.75, 3.05) is 102 Å². The molecule has 4 aromatic rings. The van der Waals surface area contributed by atoms with Gasteiger partial charge in [-0.25, -0.2) is 0 Å². The number of nitrogens with two attached hydrogens (primary N) is 7. The van der Waals surface area contributed by atoms with Gasteiger partial charge in [-0.05, 0) is 192 Å². The number of likely N-dealkylation sites (tertiary alicyclic amines) is 1. The van der Waals surface area contributed by atoms with Crippen LogP contribution in [0, 0.1) is 22.7 Å². The van der Waals surface area contributed by atoms with E-state index in [0.717, 1.165) is 38.7 Å². The van der Waals surface area contributed by atoms with Gasteiger partial charge in [0.1, 0.15) is 54.2 Å². The van der Waals surface area contributed by atoms with E-state index in [1.807, 2.05) is 24.3 Å².